The zero-order valence-corrected chi connectivity index (χ0v) is 16.3. The number of aromatic nitrogens is 2. The molecule has 0 aliphatic carbocycles. The van der Waals surface area contributed by atoms with E-state index in [4.69, 9.17) is 4.42 Å². The highest BCUT2D eigenvalue weighted by atomic mass is 16.4. The first-order valence-corrected chi connectivity index (χ1v) is 9.84. The van der Waals surface area contributed by atoms with Crippen molar-refractivity contribution in [3.63, 3.8) is 0 Å². The molecule has 0 radical (unpaired) electrons. The summed E-state index contributed by atoms with van der Waals surface area (Å²) in [4.78, 5) is 0. The molecule has 0 unspecified atom stereocenters. The van der Waals surface area contributed by atoms with Gasteiger partial charge < -0.3 is 4.42 Å². The molecule has 4 nitrogen and oxygen atoms in total. The summed E-state index contributed by atoms with van der Waals surface area (Å²) in [7, 11) is 0. The summed E-state index contributed by atoms with van der Waals surface area (Å²) >= 11 is 0. The minimum absolute atomic E-state index is 0.197. The molecule has 30 heavy (non-hydrogen) atoms. The Morgan fingerprint density at radius 1 is 0.467 bits per heavy atom. The molecule has 0 fully saturated rings. The van der Waals surface area contributed by atoms with Crippen molar-refractivity contribution in [2.75, 3.05) is 0 Å². The zero-order valence-electron chi connectivity index (χ0n) is 16.3. The van der Waals surface area contributed by atoms with Crippen LogP contribution in [-0.2, 0) is 0 Å². The van der Waals surface area contributed by atoms with Crippen LogP contribution in [0.3, 0.4) is 0 Å². The molecule has 0 saturated heterocycles. The van der Waals surface area contributed by atoms with Crippen molar-refractivity contribution in [3.8, 4) is 11.5 Å². The van der Waals surface area contributed by atoms with Gasteiger partial charge in [0.2, 0.25) is 0 Å². The quantitative estimate of drug-likeness (QED) is 0.302. The number of benzene rings is 4. The molecule has 0 aliphatic rings. The first-order valence-electron chi connectivity index (χ1n) is 9.84. The van der Waals surface area contributed by atoms with Crippen LogP contribution in [0, 0.1) is 0 Å². The summed E-state index contributed by atoms with van der Waals surface area (Å²) in [6, 6.07) is 41.1. The fourth-order valence-corrected chi connectivity index (χ4v) is 3.78. The van der Waals surface area contributed by atoms with E-state index in [1.54, 1.807) is 0 Å². The largest absolute Gasteiger partial charge is 0.440 e. The van der Waals surface area contributed by atoms with E-state index in [-0.39, 0.29) is 4.48 Å². The summed E-state index contributed by atoms with van der Waals surface area (Å²) in [5, 5.41) is 8.95. The second-order valence-corrected chi connectivity index (χ2v) is 6.93. The topological polar surface area (TPSA) is 38.9 Å². The maximum atomic E-state index is 6.35. The van der Waals surface area contributed by atoms with Gasteiger partial charge in [0, 0.05) is 42.0 Å². The molecule has 0 spiro atoms. The molecular formula is C26H20N3O+. The average molecular weight is 390 g/mol. The average Bonchev–Trinajstić information content (AvgIpc) is 3.33. The number of para-hydroxylation sites is 3. The van der Waals surface area contributed by atoms with Crippen molar-refractivity contribution in [2.45, 2.75) is 0 Å². The van der Waals surface area contributed by atoms with Gasteiger partial charge in [-0.3, -0.25) is 0 Å². The van der Waals surface area contributed by atoms with Crippen LogP contribution in [0.25, 0.3) is 11.5 Å². The Balaban J connectivity index is 1.82. The highest BCUT2D eigenvalue weighted by Gasteiger charge is 2.44. The van der Waals surface area contributed by atoms with Crippen molar-refractivity contribution in [1.82, 2.24) is 14.7 Å². The monoisotopic (exact) mass is 390 g/mol. The van der Waals surface area contributed by atoms with E-state index < -0.39 is 0 Å². The molecule has 4 aromatic carbocycles. The van der Waals surface area contributed by atoms with Gasteiger partial charge in [0.15, 0.2) is 17.1 Å². The van der Waals surface area contributed by atoms with Gasteiger partial charge >= 0.3 is 6.01 Å². The number of rotatable bonds is 5. The molecule has 4 heteroatoms. The van der Waals surface area contributed by atoms with Crippen molar-refractivity contribution in [3.05, 3.63) is 121 Å². The molecule has 1 aromatic heterocycles. The van der Waals surface area contributed by atoms with Crippen molar-refractivity contribution in [2.24, 2.45) is 0 Å². The Hall–Kier alpha value is -4.02. The van der Waals surface area contributed by atoms with Crippen molar-refractivity contribution < 1.29 is 4.42 Å². The minimum Gasteiger partial charge on any atom is -0.374 e. The molecule has 0 saturated carbocycles. The highest BCUT2D eigenvalue weighted by Crippen LogP contribution is 2.50. The predicted molar refractivity (Wildman–Crippen MR) is 120 cm³/mol. The zero-order chi connectivity index (χ0) is 20.2. The molecule has 0 aliphatic heterocycles. The third kappa shape index (κ3) is 3.00. The van der Waals surface area contributed by atoms with Gasteiger partial charge in [0.25, 0.3) is 5.89 Å². The van der Waals surface area contributed by atoms with E-state index >= 15 is 0 Å². The molecule has 5 rings (SSSR count). The molecule has 5 aromatic rings. The van der Waals surface area contributed by atoms with E-state index in [9.17, 15) is 0 Å². The number of quaternary nitrogens is 1. The van der Waals surface area contributed by atoms with E-state index in [1.807, 2.05) is 84.9 Å². The van der Waals surface area contributed by atoms with Crippen LogP contribution in [0.15, 0.2) is 126 Å². The third-order valence-electron chi connectivity index (χ3n) is 5.15. The predicted octanol–water partition coefficient (Wildman–Crippen LogP) is 7.04. The van der Waals surface area contributed by atoms with Crippen LogP contribution in [-0.4, -0.2) is 10.2 Å². The summed E-state index contributed by atoms with van der Waals surface area (Å²) in [6.45, 7) is 0. The second kappa shape index (κ2) is 7.78. The third-order valence-corrected chi connectivity index (χ3v) is 5.15. The molecule has 0 atom stereocenters. The summed E-state index contributed by atoms with van der Waals surface area (Å²) in [5.41, 5.74) is 3.93. The van der Waals surface area contributed by atoms with Gasteiger partial charge in [-0.2, -0.15) is 0 Å². The lowest BCUT2D eigenvalue weighted by molar-refractivity contribution is 0.479. The SMILES string of the molecule is c1ccc(-c2nnc([N+](c3ccccc3)(c3ccccc3)c3ccccc3)o2)cc1. The smallest absolute Gasteiger partial charge is 0.374 e. The number of hydrogen-bond donors (Lipinski definition) is 0. The van der Waals surface area contributed by atoms with E-state index in [2.05, 4.69) is 46.6 Å². The fraction of sp³-hybridized carbons (Fsp3) is 0. The Morgan fingerprint density at radius 3 is 1.30 bits per heavy atom. The van der Waals surface area contributed by atoms with Gasteiger partial charge in [-0.15, -0.1) is 9.58 Å². The first kappa shape index (κ1) is 18.0. The fourth-order valence-electron chi connectivity index (χ4n) is 3.78. The lowest BCUT2D eigenvalue weighted by Crippen LogP contribution is -2.33. The molecule has 0 N–H and O–H groups in total. The molecular weight excluding hydrogens is 370 g/mol. The first-order chi connectivity index (χ1) is 14.9. The maximum absolute atomic E-state index is 6.35. The molecule has 1 heterocycles. The number of hydrogen-bond acceptors (Lipinski definition) is 3. The molecule has 0 bridgehead atoms. The van der Waals surface area contributed by atoms with Crippen LogP contribution in [0.4, 0.5) is 23.1 Å². The van der Waals surface area contributed by atoms with E-state index in [0.717, 1.165) is 22.6 Å². The normalized spacial score (nSPS) is 11.3. The van der Waals surface area contributed by atoms with Gasteiger partial charge in [0.05, 0.1) is 0 Å². The number of nitrogens with zero attached hydrogens (tertiary/aromatic N) is 3. The van der Waals surface area contributed by atoms with Crippen LogP contribution in [0.2, 0.25) is 0 Å². The maximum Gasteiger partial charge on any atom is 0.440 e. The van der Waals surface area contributed by atoms with Gasteiger partial charge in [-0.1, -0.05) is 77.9 Å². The lowest BCUT2D eigenvalue weighted by atomic mass is 10.1. The Morgan fingerprint density at radius 2 is 0.867 bits per heavy atom. The Kier molecular flexibility index (Phi) is 4.68. The minimum atomic E-state index is 0.197. The summed E-state index contributed by atoms with van der Waals surface area (Å²) in [6.07, 6.45) is 0. The standard InChI is InChI=1S/C26H20N3O/c1-5-13-21(14-6-1)25-27-28-26(30-25)29(22-15-7-2-8-16-22,23-17-9-3-10-18-23)24-19-11-4-12-20-24/h1-20H/q+1. The van der Waals surface area contributed by atoms with Crippen molar-refractivity contribution in [1.29, 1.82) is 0 Å². The van der Waals surface area contributed by atoms with Crippen LogP contribution in [0.5, 0.6) is 0 Å². The molecule has 144 valence electrons. The Bertz CT molecular complexity index is 1120. The highest BCUT2D eigenvalue weighted by molar-refractivity contribution is 5.78. The van der Waals surface area contributed by atoms with E-state index in [1.165, 1.54) is 0 Å². The van der Waals surface area contributed by atoms with Crippen LogP contribution >= 0.6 is 0 Å². The van der Waals surface area contributed by atoms with Gasteiger partial charge in [-0.05, 0) is 12.1 Å². The van der Waals surface area contributed by atoms with E-state index in [0.29, 0.717) is 11.9 Å². The van der Waals surface area contributed by atoms with Crippen LogP contribution in [0.1, 0.15) is 0 Å². The Labute approximate surface area is 175 Å². The van der Waals surface area contributed by atoms with Crippen LogP contribution < -0.4 is 4.48 Å². The summed E-state index contributed by atoms with van der Waals surface area (Å²) < 4.78 is 6.55. The summed E-state index contributed by atoms with van der Waals surface area (Å²) in [5.74, 6) is 0.496. The second-order valence-electron chi connectivity index (χ2n) is 6.93. The van der Waals surface area contributed by atoms with Crippen molar-refractivity contribution >= 4 is 23.1 Å². The molecule has 0 amide bonds. The lowest BCUT2D eigenvalue weighted by Gasteiger charge is -2.32. The van der Waals surface area contributed by atoms with Gasteiger partial charge in [-0.25, -0.2) is 0 Å². The van der Waals surface area contributed by atoms with Gasteiger partial charge in [0.1, 0.15) is 0 Å².